The van der Waals surface area contributed by atoms with Crippen LogP contribution in [-0.2, 0) is 4.79 Å². The molecule has 1 aromatic carbocycles. The smallest absolute Gasteiger partial charge is 0.272 e. The molecule has 1 aliphatic heterocycles. The van der Waals surface area contributed by atoms with Crippen LogP contribution in [0.2, 0.25) is 0 Å². The van der Waals surface area contributed by atoms with Crippen LogP contribution in [-0.4, -0.2) is 63.4 Å². The number of piperazine rings is 1. The van der Waals surface area contributed by atoms with Crippen molar-refractivity contribution in [2.75, 3.05) is 31.5 Å². The number of aromatic nitrogens is 3. The van der Waals surface area contributed by atoms with Crippen molar-refractivity contribution in [3.8, 4) is 11.4 Å². The molecule has 2 aromatic heterocycles. The van der Waals surface area contributed by atoms with Gasteiger partial charge in [-0.25, -0.2) is 9.97 Å². The van der Waals surface area contributed by atoms with Crippen LogP contribution in [0.5, 0.6) is 0 Å². The highest BCUT2D eigenvalue weighted by atomic mass is 16.5. The van der Waals surface area contributed by atoms with Gasteiger partial charge in [0.15, 0.2) is 11.6 Å². The molecule has 0 unspecified atom stereocenters. The molecule has 0 atom stereocenters. The molecule has 29 heavy (non-hydrogen) atoms. The Morgan fingerprint density at radius 3 is 2.48 bits per heavy atom. The summed E-state index contributed by atoms with van der Waals surface area (Å²) in [6.07, 6.45) is 0.807. The van der Waals surface area contributed by atoms with Crippen molar-refractivity contribution in [1.29, 1.82) is 0 Å². The fraction of sp³-hybridized carbons (Fsp3) is 0.250. The lowest BCUT2D eigenvalue weighted by Crippen LogP contribution is -2.48. The number of hydrogen-bond donors (Lipinski definition) is 1. The van der Waals surface area contributed by atoms with Crippen LogP contribution >= 0.6 is 0 Å². The molecule has 9 nitrogen and oxygen atoms in total. The van der Waals surface area contributed by atoms with Crippen LogP contribution in [0, 0.1) is 6.92 Å². The summed E-state index contributed by atoms with van der Waals surface area (Å²) in [4.78, 5) is 36.3. The maximum Gasteiger partial charge on any atom is 0.272 e. The molecule has 2 amide bonds. The number of carbonyl (C=O) groups is 2. The Hall–Kier alpha value is -3.75. The lowest BCUT2D eigenvalue weighted by molar-refractivity contribution is -0.119. The van der Waals surface area contributed by atoms with Gasteiger partial charge in [0, 0.05) is 43.9 Å². The van der Waals surface area contributed by atoms with E-state index >= 15 is 0 Å². The molecular formula is C20H20N6O3. The molecule has 4 rings (SSSR count). The Labute approximate surface area is 167 Å². The number of anilines is 2. The lowest BCUT2D eigenvalue weighted by Gasteiger charge is -2.32. The average Bonchev–Trinajstić information content (AvgIpc) is 3.18. The Morgan fingerprint density at radius 1 is 1.07 bits per heavy atom. The van der Waals surface area contributed by atoms with Gasteiger partial charge in [0.25, 0.3) is 5.91 Å². The van der Waals surface area contributed by atoms with Gasteiger partial charge >= 0.3 is 0 Å². The normalized spacial score (nSPS) is 14.0. The van der Waals surface area contributed by atoms with Crippen molar-refractivity contribution in [3.63, 3.8) is 0 Å². The van der Waals surface area contributed by atoms with Crippen molar-refractivity contribution in [2.24, 2.45) is 0 Å². The van der Waals surface area contributed by atoms with Crippen LogP contribution in [0.4, 0.5) is 11.6 Å². The SMILES string of the molecule is Cc1cc(Nc2cc(C(=O)N3CCN(C=O)CC3)nc(-c3ccccc3)n2)no1. The molecule has 0 aliphatic carbocycles. The van der Waals surface area contributed by atoms with Gasteiger partial charge in [0.05, 0.1) is 0 Å². The van der Waals surface area contributed by atoms with E-state index in [1.807, 2.05) is 30.3 Å². The molecule has 0 spiro atoms. The van der Waals surface area contributed by atoms with E-state index in [4.69, 9.17) is 4.52 Å². The predicted molar refractivity (Wildman–Crippen MR) is 106 cm³/mol. The third-order valence-electron chi connectivity index (χ3n) is 4.61. The molecule has 0 bridgehead atoms. The molecule has 3 aromatic rings. The van der Waals surface area contributed by atoms with Gasteiger partial charge in [0.1, 0.15) is 17.3 Å². The molecule has 1 saturated heterocycles. The van der Waals surface area contributed by atoms with E-state index in [2.05, 4.69) is 20.4 Å². The minimum absolute atomic E-state index is 0.200. The summed E-state index contributed by atoms with van der Waals surface area (Å²) in [5.41, 5.74) is 1.08. The van der Waals surface area contributed by atoms with E-state index in [9.17, 15) is 9.59 Å². The second-order valence-corrected chi connectivity index (χ2v) is 6.71. The highest BCUT2D eigenvalue weighted by Gasteiger charge is 2.23. The van der Waals surface area contributed by atoms with Crippen molar-refractivity contribution in [1.82, 2.24) is 24.9 Å². The molecule has 1 N–H and O–H groups in total. The molecule has 148 valence electrons. The summed E-state index contributed by atoms with van der Waals surface area (Å²) in [6, 6.07) is 12.8. The summed E-state index contributed by atoms with van der Waals surface area (Å²) in [6.45, 7) is 3.74. The third-order valence-corrected chi connectivity index (χ3v) is 4.61. The number of hydrogen-bond acceptors (Lipinski definition) is 7. The number of carbonyl (C=O) groups excluding carboxylic acids is 2. The number of nitrogens with zero attached hydrogens (tertiary/aromatic N) is 5. The van der Waals surface area contributed by atoms with E-state index in [0.717, 1.165) is 12.0 Å². The third kappa shape index (κ3) is 4.23. The number of rotatable bonds is 5. The van der Waals surface area contributed by atoms with Gasteiger partial charge in [-0.15, -0.1) is 0 Å². The summed E-state index contributed by atoms with van der Waals surface area (Å²) < 4.78 is 5.08. The average molecular weight is 392 g/mol. The monoisotopic (exact) mass is 392 g/mol. The fourth-order valence-electron chi connectivity index (χ4n) is 3.09. The van der Waals surface area contributed by atoms with Gasteiger partial charge in [-0.3, -0.25) is 9.59 Å². The Bertz CT molecular complexity index is 1010. The Kier molecular flexibility index (Phi) is 5.19. The summed E-state index contributed by atoms with van der Waals surface area (Å²) >= 11 is 0. The standard InChI is InChI=1S/C20H20N6O3/c1-14-11-18(24-29-14)22-17-12-16(20(28)26-9-7-25(13-27)8-10-26)21-19(23-17)15-5-3-2-4-6-15/h2-6,11-13H,7-10H2,1H3,(H,21,22,23,24). The quantitative estimate of drug-likeness (QED) is 0.663. The first-order chi connectivity index (χ1) is 14.1. The molecule has 1 aliphatic rings. The number of benzene rings is 1. The van der Waals surface area contributed by atoms with Crippen LogP contribution in [0.3, 0.4) is 0 Å². The van der Waals surface area contributed by atoms with Crippen molar-refractivity contribution in [3.05, 3.63) is 53.9 Å². The first-order valence-corrected chi connectivity index (χ1v) is 9.26. The van der Waals surface area contributed by atoms with Crippen LogP contribution in [0.15, 0.2) is 47.0 Å². The predicted octanol–water partition coefficient (Wildman–Crippen LogP) is 2.10. The van der Waals surface area contributed by atoms with Crippen LogP contribution in [0.25, 0.3) is 11.4 Å². The van der Waals surface area contributed by atoms with Crippen molar-refractivity contribution >= 4 is 24.0 Å². The van der Waals surface area contributed by atoms with Crippen LogP contribution in [0.1, 0.15) is 16.2 Å². The molecule has 3 heterocycles. The zero-order valence-electron chi connectivity index (χ0n) is 15.9. The maximum atomic E-state index is 13.1. The lowest BCUT2D eigenvalue weighted by atomic mass is 10.2. The fourth-order valence-corrected chi connectivity index (χ4v) is 3.09. The number of aryl methyl sites for hydroxylation is 1. The molecular weight excluding hydrogens is 372 g/mol. The zero-order valence-corrected chi connectivity index (χ0v) is 15.9. The largest absolute Gasteiger partial charge is 0.360 e. The van der Waals surface area contributed by atoms with Crippen molar-refractivity contribution < 1.29 is 14.1 Å². The van der Waals surface area contributed by atoms with Gasteiger partial charge in [-0.1, -0.05) is 35.5 Å². The van der Waals surface area contributed by atoms with Crippen molar-refractivity contribution in [2.45, 2.75) is 6.92 Å². The Morgan fingerprint density at radius 2 is 1.83 bits per heavy atom. The highest BCUT2D eigenvalue weighted by Crippen LogP contribution is 2.21. The Balaban J connectivity index is 1.65. The van der Waals surface area contributed by atoms with E-state index in [1.165, 1.54) is 0 Å². The van der Waals surface area contributed by atoms with E-state index < -0.39 is 0 Å². The number of nitrogens with one attached hydrogen (secondary N) is 1. The van der Waals surface area contributed by atoms with Gasteiger partial charge < -0.3 is 19.6 Å². The number of amides is 2. The summed E-state index contributed by atoms with van der Waals surface area (Å²) in [5, 5.41) is 6.98. The minimum atomic E-state index is -0.200. The summed E-state index contributed by atoms with van der Waals surface area (Å²) in [7, 11) is 0. The zero-order chi connectivity index (χ0) is 20.2. The second-order valence-electron chi connectivity index (χ2n) is 6.71. The molecule has 0 radical (unpaired) electrons. The first kappa shape index (κ1) is 18.6. The topological polar surface area (TPSA) is 104 Å². The minimum Gasteiger partial charge on any atom is -0.360 e. The van der Waals surface area contributed by atoms with Gasteiger partial charge in [-0.05, 0) is 6.92 Å². The molecule has 9 heteroatoms. The van der Waals surface area contributed by atoms with E-state index in [0.29, 0.717) is 49.4 Å². The highest BCUT2D eigenvalue weighted by molar-refractivity contribution is 5.93. The van der Waals surface area contributed by atoms with Gasteiger partial charge in [0.2, 0.25) is 6.41 Å². The maximum absolute atomic E-state index is 13.1. The first-order valence-electron chi connectivity index (χ1n) is 9.26. The second kappa shape index (κ2) is 8.09. The van der Waals surface area contributed by atoms with E-state index in [-0.39, 0.29) is 11.6 Å². The van der Waals surface area contributed by atoms with E-state index in [1.54, 1.807) is 28.9 Å². The van der Waals surface area contributed by atoms with Gasteiger partial charge in [-0.2, -0.15) is 0 Å². The summed E-state index contributed by atoms with van der Waals surface area (Å²) in [5.74, 6) is 1.84. The molecule has 1 fully saturated rings. The molecule has 0 saturated carbocycles. The van der Waals surface area contributed by atoms with Crippen LogP contribution < -0.4 is 5.32 Å².